The van der Waals surface area contributed by atoms with Gasteiger partial charge in [0.15, 0.2) is 0 Å². The third-order valence-electron chi connectivity index (χ3n) is 4.64. The summed E-state index contributed by atoms with van der Waals surface area (Å²) in [5.41, 5.74) is 1.24. The zero-order chi connectivity index (χ0) is 14.1. The van der Waals surface area contributed by atoms with Crippen molar-refractivity contribution < 1.29 is 9.84 Å². The molecule has 20 heavy (non-hydrogen) atoms. The number of hydrogen-bond acceptors (Lipinski definition) is 4. The number of methoxy groups -OCH3 is 1. The fraction of sp³-hybridized carbons (Fsp3) is 0.625. The molecule has 2 aliphatic rings. The zero-order valence-corrected chi connectivity index (χ0v) is 12.3. The Bertz CT molecular complexity index is 466. The first-order chi connectivity index (χ1) is 9.67. The highest BCUT2D eigenvalue weighted by Crippen LogP contribution is 2.27. The van der Waals surface area contributed by atoms with Gasteiger partial charge in [0.2, 0.25) is 0 Å². The number of fused-ring (bicyclic) bond motifs is 1. The van der Waals surface area contributed by atoms with E-state index in [9.17, 15) is 5.11 Å². The van der Waals surface area contributed by atoms with Crippen LogP contribution >= 0.6 is 0 Å². The number of rotatable bonds is 3. The highest BCUT2D eigenvalue weighted by molar-refractivity contribution is 5.33. The van der Waals surface area contributed by atoms with Gasteiger partial charge in [-0.1, -0.05) is 18.2 Å². The highest BCUT2D eigenvalue weighted by atomic mass is 16.5. The van der Waals surface area contributed by atoms with Gasteiger partial charge in [0.25, 0.3) is 0 Å². The van der Waals surface area contributed by atoms with Gasteiger partial charge in [-0.3, -0.25) is 9.80 Å². The first-order valence-corrected chi connectivity index (χ1v) is 7.45. The minimum absolute atomic E-state index is 0.140. The van der Waals surface area contributed by atoms with Gasteiger partial charge in [-0.15, -0.1) is 0 Å². The van der Waals surface area contributed by atoms with Gasteiger partial charge in [0.05, 0.1) is 13.2 Å². The van der Waals surface area contributed by atoms with E-state index in [2.05, 4.69) is 28.9 Å². The molecule has 0 aromatic heterocycles. The van der Waals surface area contributed by atoms with E-state index in [1.54, 1.807) is 7.11 Å². The Kier molecular flexibility index (Phi) is 3.96. The Morgan fingerprint density at radius 3 is 2.85 bits per heavy atom. The second kappa shape index (κ2) is 5.72. The van der Waals surface area contributed by atoms with E-state index in [0.717, 1.165) is 38.3 Å². The SMILES string of the molecule is COc1ccccc1CN1CC2C[C@@H](O)CN2C[C@H]1C. The van der Waals surface area contributed by atoms with Gasteiger partial charge in [0.1, 0.15) is 5.75 Å². The molecule has 2 saturated heterocycles. The average Bonchev–Trinajstić information content (AvgIpc) is 2.79. The predicted octanol–water partition coefficient (Wildman–Crippen LogP) is 1.33. The maximum absolute atomic E-state index is 9.82. The van der Waals surface area contributed by atoms with Crippen LogP contribution in [0.5, 0.6) is 5.75 Å². The third kappa shape index (κ3) is 2.68. The van der Waals surface area contributed by atoms with Gasteiger partial charge in [-0.05, 0) is 19.4 Å². The van der Waals surface area contributed by atoms with Crippen molar-refractivity contribution in [3.8, 4) is 5.75 Å². The van der Waals surface area contributed by atoms with Crippen LogP contribution in [0.2, 0.25) is 0 Å². The second-order valence-electron chi connectivity index (χ2n) is 6.09. The van der Waals surface area contributed by atoms with Crippen LogP contribution < -0.4 is 4.74 Å². The van der Waals surface area contributed by atoms with Crippen molar-refractivity contribution in [3.63, 3.8) is 0 Å². The maximum atomic E-state index is 9.82. The van der Waals surface area contributed by atoms with Gasteiger partial charge in [0, 0.05) is 43.8 Å². The molecular weight excluding hydrogens is 252 g/mol. The number of para-hydroxylation sites is 1. The summed E-state index contributed by atoms with van der Waals surface area (Å²) in [6.07, 6.45) is 0.771. The summed E-state index contributed by atoms with van der Waals surface area (Å²) in [7, 11) is 1.73. The molecule has 1 unspecified atom stereocenters. The molecule has 1 aromatic rings. The first-order valence-electron chi connectivity index (χ1n) is 7.45. The molecule has 3 rings (SSSR count). The lowest BCUT2D eigenvalue weighted by Crippen LogP contribution is -2.54. The molecule has 0 aliphatic carbocycles. The maximum Gasteiger partial charge on any atom is 0.123 e. The molecule has 4 heteroatoms. The van der Waals surface area contributed by atoms with E-state index >= 15 is 0 Å². The summed E-state index contributed by atoms with van der Waals surface area (Å²) < 4.78 is 5.45. The molecule has 0 saturated carbocycles. The zero-order valence-electron chi connectivity index (χ0n) is 12.3. The fourth-order valence-corrected chi connectivity index (χ4v) is 3.55. The van der Waals surface area contributed by atoms with Crippen molar-refractivity contribution in [3.05, 3.63) is 29.8 Å². The van der Waals surface area contributed by atoms with E-state index in [1.807, 2.05) is 12.1 Å². The van der Waals surface area contributed by atoms with Crippen LogP contribution in [-0.2, 0) is 6.54 Å². The molecule has 0 radical (unpaired) electrons. The Hall–Kier alpha value is -1.10. The molecule has 3 atom stereocenters. The van der Waals surface area contributed by atoms with Crippen LogP contribution in [0.4, 0.5) is 0 Å². The topological polar surface area (TPSA) is 35.9 Å². The van der Waals surface area contributed by atoms with Crippen molar-refractivity contribution in [1.29, 1.82) is 0 Å². The normalized spacial score (nSPS) is 31.2. The van der Waals surface area contributed by atoms with E-state index in [4.69, 9.17) is 4.74 Å². The summed E-state index contributed by atoms with van der Waals surface area (Å²) in [5.74, 6) is 0.966. The van der Waals surface area contributed by atoms with Crippen LogP contribution in [0, 0.1) is 0 Å². The molecule has 0 bridgehead atoms. The van der Waals surface area contributed by atoms with Crippen LogP contribution in [0.15, 0.2) is 24.3 Å². The van der Waals surface area contributed by atoms with Crippen LogP contribution in [0.1, 0.15) is 18.9 Å². The Balaban J connectivity index is 1.71. The molecule has 2 aliphatic heterocycles. The molecule has 110 valence electrons. The molecule has 2 fully saturated rings. The van der Waals surface area contributed by atoms with Gasteiger partial charge < -0.3 is 9.84 Å². The predicted molar refractivity (Wildman–Crippen MR) is 78.9 cm³/mol. The van der Waals surface area contributed by atoms with E-state index in [1.165, 1.54) is 5.56 Å². The minimum Gasteiger partial charge on any atom is -0.496 e. The number of benzene rings is 1. The van der Waals surface area contributed by atoms with Crippen molar-refractivity contribution in [2.24, 2.45) is 0 Å². The van der Waals surface area contributed by atoms with Gasteiger partial charge >= 0.3 is 0 Å². The molecule has 1 aromatic carbocycles. The van der Waals surface area contributed by atoms with Crippen LogP contribution in [0.3, 0.4) is 0 Å². The Morgan fingerprint density at radius 2 is 2.05 bits per heavy atom. The number of aliphatic hydroxyl groups excluding tert-OH is 1. The number of ether oxygens (including phenoxy) is 1. The quantitative estimate of drug-likeness (QED) is 0.903. The van der Waals surface area contributed by atoms with E-state index in [-0.39, 0.29) is 6.10 Å². The van der Waals surface area contributed by atoms with Crippen LogP contribution in [-0.4, -0.2) is 59.8 Å². The summed E-state index contributed by atoms with van der Waals surface area (Å²) in [6.45, 7) is 6.13. The summed E-state index contributed by atoms with van der Waals surface area (Å²) in [4.78, 5) is 4.95. The molecule has 2 heterocycles. The highest BCUT2D eigenvalue weighted by Gasteiger charge is 2.38. The lowest BCUT2D eigenvalue weighted by Gasteiger charge is -2.42. The molecule has 1 N–H and O–H groups in total. The van der Waals surface area contributed by atoms with Crippen molar-refractivity contribution in [2.45, 2.75) is 38.1 Å². The van der Waals surface area contributed by atoms with E-state index < -0.39 is 0 Å². The average molecular weight is 276 g/mol. The lowest BCUT2D eigenvalue weighted by atomic mass is 10.1. The number of piperazine rings is 1. The summed E-state index contributed by atoms with van der Waals surface area (Å²) in [6, 6.07) is 9.27. The Labute approximate surface area is 120 Å². The Morgan fingerprint density at radius 1 is 1.25 bits per heavy atom. The van der Waals surface area contributed by atoms with Crippen LogP contribution in [0.25, 0.3) is 0 Å². The minimum atomic E-state index is -0.140. The monoisotopic (exact) mass is 276 g/mol. The smallest absolute Gasteiger partial charge is 0.123 e. The van der Waals surface area contributed by atoms with Crippen molar-refractivity contribution in [1.82, 2.24) is 9.80 Å². The van der Waals surface area contributed by atoms with Gasteiger partial charge in [-0.2, -0.15) is 0 Å². The molecule has 0 spiro atoms. The summed E-state index contributed by atoms with van der Waals surface area (Å²) >= 11 is 0. The van der Waals surface area contributed by atoms with Crippen molar-refractivity contribution in [2.75, 3.05) is 26.7 Å². The molecular formula is C16H24N2O2. The van der Waals surface area contributed by atoms with E-state index in [0.29, 0.717) is 12.1 Å². The molecule has 4 nitrogen and oxygen atoms in total. The van der Waals surface area contributed by atoms with Crippen molar-refractivity contribution >= 4 is 0 Å². The molecule has 0 amide bonds. The van der Waals surface area contributed by atoms with Gasteiger partial charge in [-0.25, -0.2) is 0 Å². The number of hydrogen-bond donors (Lipinski definition) is 1. The standard InChI is InChI=1S/C16H24N2O2/c1-12-8-18-11-15(19)7-14(18)10-17(12)9-13-5-3-4-6-16(13)20-2/h3-6,12,14-15,19H,7-11H2,1-2H3/t12-,14?,15-/m1/s1. The first kappa shape index (κ1) is 13.9. The fourth-order valence-electron chi connectivity index (χ4n) is 3.55. The summed E-state index contributed by atoms with van der Waals surface area (Å²) in [5, 5.41) is 9.82. The number of aliphatic hydroxyl groups is 1. The second-order valence-corrected chi connectivity index (χ2v) is 6.09. The third-order valence-corrected chi connectivity index (χ3v) is 4.64. The largest absolute Gasteiger partial charge is 0.496 e. The lowest BCUT2D eigenvalue weighted by molar-refractivity contribution is 0.0524. The number of nitrogens with zero attached hydrogens (tertiary/aromatic N) is 2.